The summed E-state index contributed by atoms with van der Waals surface area (Å²) in [5.74, 6) is -0.457. The number of hydrogen-bond donors (Lipinski definition) is 7. The molecule has 1 aliphatic heterocycles. The first-order valence-electron chi connectivity index (χ1n) is 17.1. The SMILES string of the molecule is CC(C)S(=O)(=O)NC[C@H](O)C[C@H](O)[C@H](CC1CCCCC1)NC(=O)CCNC(=O)[C@H](Cc1ccccc1)NC(=O)N1CCC(N)CC1. The Labute approximate surface area is 279 Å². The average molecular weight is 681 g/mol. The maximum absolute atomic E-state index is 13.3. The normalized spacial score (nSPS) is 19.1. The Hall–Kier alpha value is -2.78. The number of nitrogens with zero attached hydrogens (tertiary/aromatic N) is 1. The lowest BCUT2D eigenvalue weighted by Crippen LogP contribution is -2.54. The summed E-state index contributed by atoms with van der Waals surface area (Å²) >= 11 is 0. The summed E-state index contributed by atoms with van der Waals surface area (Å²) in [6, 6.07) is 7.62. The molecule has 0 radical (unpaired) electrons. The van der Waals surface area contributed by atoms with Crippen molar-refractivity contribution < 1.29 is 33.0 Å². The number of amides is 4. The number of likely N-dealkylation sites (tertiary alicyclic amines) is 1. The Balaban J connectivity index is 1.56. The first-order chi connectivity index (χ1) is 22.3. The smallest absolute Gasteiger partial charge is 0.318 e. The topological polar surface area (TPSA) is 203 Å². The number of carbonyl (C=O) groups excluding carboxylic acids is 3. The fourth-order valence-corrected chi connectivity index (χ4v) is 6.86. The van der Waals surface area contributed by atoms with Crippen molar-refractivity contribution in [1.29, 1.82) is 0 Å². The molecule has 13 nitrogen and oxygen atoms in total. The van der Waals surface area contributed by atoms with Crippen molar-refractivity contribution in [1.82, 2.24) is 25.6 Å². The third kappa shape index (κ3) is 13.7. The van der Waals surface area contributed by atoms with Crippen molar-refractivity contribution in [2.75, 3.05) is 26.2 Å². The van der Waals surface area contributed by atoms with E-state index >= 15 is 0 Å². The zero-order valence-corrected chi connectivity index (χ0v) is 28.7. The predicted octanol–water partition coefficient (Wildman–Crippen LogP) is 1.13. The summed E-state index contributed by atoms with van der Waals surface area (Å²) in [4.78, 5) is 41.0. The molecule has 2 fully saturated rings. The molecule has 0 aromatic heterocycles. The second-order valence-electron chi connectivity index (χ2n) is 13.4. The minimum atomic E-state index is -3.57. The highest BCUT2D eigenvalue weighted by Gasteiger charge is 2.29. The molecule has 3 rings (SSSR count). The van der Waals surface area contributed by atoms with Gasteiger partial charge in [0.25, 0.3) is 0 Å². The lowest BCUT2D eigenvalue weighted by Gasteiger charge is -2.31. The fourth-order valence-electron chi connectivity index (χ4n) is 6.10. The molecule has 1 aliphatic carbocycles. The van der Waals surface area contributed by atoms with E-state index in [-0.39, 0.29) is 50.3 Å². The van der Waals surface area contributed by atoms with Crippen molar-refractivity contribution in [3.63, 3.8) is 0 Å². The van der Waals surface area contributed by atoms with Gasteiger partial charge in [-0.05, 0) is 44.6 Å². The number of benzene rings is 1. The van der Waals surface area contributed by atoms with E-state index in [1.165, 1.54) is 13.8 Å². The van der Waals surface area contributed by atoms with Crippen molar-refractivity contribution in [3.05, 3.63) is 35.9 Å². The average Bonchev–Trinajstić information content (AvgIpc) is 3.04. The number of nitrogens with one attached hydrogen (secondary N) is 4. The molecular weight excluding hydrogens is 624 g/mol. The molecule has 4 atom stereocenters. The quantitative estimate of drug-likeness (QED) is 0.127. The van der Waals surface area contributed by atoms with Gasteiger partial charge < -0.3 is 36.8 Å². The fraction of sp³-hybridized carbons (Fsp3) is 0.727. The van der Waals surface area contributed by atoms with E-state index in [0.29, 0.717) is 38.3 Å². The summed E-state index contributed by atoms with van der Waals surface area (Å²) in [5.41, 5.74) is 6.85. The molecule has 0 spiro atoms. The molecule has 0 bridgehead atoms. The first kappa shape index (κ1) is 38.7. The largest absolute Gasteiger partial charge is 0.392 e. The molecule has 0 unspecified atom stereocenters. The Bertz CT molecular complexity index is 1220. The number of aliphatic hydroxyl groups is 2. The summed E-state index contributed by atoms with van der Waals surface area (Å²) in [6.45, 7) is 3.90. The van der Waals surface area contributed by atoms with Crippen molar-refractivity contribution in [3.8, 4) is 0 Å². The number of sulfonamides is 1. The molecule has 47 heavy (non-hydrogen) atoms. The molecule has 1 aromatic carbocycles. The van der Waals surface area contributed by atoms with E-state index in [2.05, 4.69) is 20.7 Å². The second-order valence-corrected chi connectivity index (χ2v) is 15.7. The van der Waals surface area contributed by atoms with E-state index < -0.39 is 45.5 Å². The maximum atomic E-state index is 13.3. The molecular formula is C33H56N6O7S. The number of piperidine rings is 1. The lowest BCUT2D eigenvalue weighted by molar-refractivity contribution is -0.124. The lowest BCUT2D eigenvalue weighted by atomic mass is 9.83. The number of rotatable bonds is 17. The van der Waals surface area contributed by atoms with Crippen LogP contribution < -0.4 is 26.4 Å². The van der Waals surface area contributed by atoms with Crippen LogP contribution >= 0.6 is 0 Å². The number of urea groups is 1. The zero-order chi connectivity index (χ0) is 34.4. The molecule has 8 N–H and O–H groups in total. The minimum Gasteiger partial charge on any atom is -0.392 e. The van der Waals surface area contributed by atoms with Crippen LogP contribution in [0, 0.1) is 5.92 Å². The van der Waals surface area contributed by atoms with Crippen LogP contribution in [0.5, 0.6) is 0 Å². The van der Waals surface area contributed by atoms with Crippen LogP contribution in [-0.4, -0.2) is 103 Å². The van der Waals surface area contributed by atoms with Gasteiger partial charge in [-0.1, -0.05) is 62.4 Å². The van der Waals surface area contributed by atoms with Gasteiger partial charge in [0, 0.05) is 51.5 Å². The molecule has 266 valence electrons. The van der Waals surface area contributed by atoms with Crippen LogP contribution in [0.4, 0.5) is 4.79 Å². The van der Waals surface area contributed by atoms with Crippen LogP contribution in [0.15, 0.2) is 30.3 Å². The number of nitrogens with two attached hydrogens (primary N) is 1. The number of hydrogen-bond acceptors (Lipinski definition) is 8. The van der Waals surface area contributed by atoms with Gasteiger partial charge in [-0.25, -0.2) is 17.9 Å². The monoisotopic (exact) mass is 680 g/mol. The van der Waals surface area contributed by atoms with Crippen LogP contribution in [0.25, 0.3) is 0 Å². The summed E-state index contributed by atoms with van der Waals surface area (Å²) in [7, 11) is -3.57. The van der Waals surface area contributed by atoms with Gasteiger partial charge in [-0.2, -0.15) is 0 Å². The molecule has 2 aliphatic rings. The van der Waals surface area contributed by atoms with Crippen LogP contribution in [0.3, 0.4) is 0 Å². The van der Waals surface area contributed by atoms with E-state index in [4.69, 9.17) is 5.73 Å². The van der Waals surface area contributed by atoms with E-state index in [1.54, 1.807) is 4.90 Å². The maximum Gasteiger partial charge on any atom is 0.318 e. The molecule has 1 aromatic rings. The van der Waals surface area contributed by atoms with Crippen LogP contribution in [0.2, 0.25) is 0 Å². The highest BCUT2D eigenvalue weighted by atomic mass is 32.2. The Morgan fingerprint density at radius 1 is 0.979 bits per heavy atom. The van der Waals surface area contributed by atoms with E-state index in [1.807, 2.05) is 30.3 Å². The Morgan fingerprint density at radius 2 is 1.64 bits per heavy atom. The third-order valence-electron chi connectivity index (χ3n) is 9.15. The molecule has 1 saturated heterocycles. The predicted molar refractivity (Wildman–Crippen MR) is 181 cm³/mol. The molecule has 4 amide bonds. The Kier molecular flexibility index (Phi) is 15.9. The Morgan fingerprint density at radius 3 is 2.28 bits per heavy atom. The van der Waals surface area contributed by atoms with Gasteiger partial charge in [-0.15, -0.1) is 0 Å². The van der Waals surface area contributed by atoms with Gasteiger partial charge >= 0.3 is 6.03 Å². The number of carbonyl (C=O) groups is 3. The summed E-state index contributed by atoms with van der Waals surface area (Å²) < 4.78 is 26.5. The van der Waals surface area contributed by atoms with Crippen molar-refractivity contribution >= 4 is 27.9 Å². The third-order valence-corrected chi connectivity index (χ3v) is 11.0. The standard InChI is InChI=1S/C33H56N6O7S/c1-23(2)47(45,46)36-22-27(40)21-30(41)28(19-24-9-5-3-6-10-24)37-31(42)13-16-35-32(43)29(20-25-11-7-4-8-12-25)38-33(44)39-17-14-26(34)15-18-39/h4,7-8,11-12,23-24,26-30,36,40-41H,3,5-6,9-10,13-22,34H2,1-2H3,(H,35,43)(H,37,42)(H,38,44)/t27-,28+,29+,30+/m1/s1. The van der Waals surface area contributed by atoms with Gasteiger partial charge in [0.05, 0.1) is 23.5 Å². The highest BCUT2D eigenvalue weighted by molar-refractivity contribution is 7.90. The van der Waals surface area contributed by atoms with Crippen molar-refractivity contribution in [2.45, 2.75) is 120 Å². The number of aliphatic hydroxyl groups excluding tert-OH is 2. The van der Waals surface area contributed by atoms with Gasteiger partial charge in [0.15, 0.2) is 0 Å². The van der Waals surface area contributed by atoms with Crippen molar-refractivity contribution in [2.24, 2.45) is 11.7 Å². The van der Waals surface area contributed by atoms with Crippen LogP contribution in [0.1, 0.15) is 83.6 Å². The van der Waals surface area contributed by atoms with E-state index in [0.717, 1.165) is 37.7 Å². The van der Waals surface area contributed by atoms with Gasteiger partial charge in [-0.3, -0.25) is 9.59 Å². The summed E-state index contributed by atoms with van der Waals surface area (Å²) in [5, 5.41) is 29.4. The molecule has 1 heterocycles. The first-order valence-corrected chi connectivity index (χ1v) is 18.6. The zero-order valence-electron chi connectivity index (χ0n) is 27.9. The highest BCUT2D eigenvalue weighted by Crippen LogP contribution is 2.28. The summed E-state index contributed by atoms with van der Waals surface area (Å²) in [6.07, 6.45) is 5.13. The molecule has 1 saturated carbocycles. The van der Waals surface area contributed by atoms with Crippen LogP contribution in [-0.2, 0) is 26.0 Å². The second kappa shape index (κ2) is 19.3. The van der Waals surface area contributed by atoms with Gasteiger partial charge in [0.2, 0.25) is 21.8 Å². The molecule has 14 heteroatoms. The van der Waals surface area contributed by atoms with Gasteiger partial charge in [0.1, 0.15) is 6.04 Å². The van der Waals surface area contributed by atoms with E-state index in [9.17, 15) is 33.0 Å². The minimum absolute atomic E-state index is 0.0241.